The number of likely N-dealkylation sites (N-methyl/N-ethyl adjacent to an activating group) is 1. The van der Waals surface area contributed by atoms with E-state index in [1.54, 1.807) is 6.92 Å². The summed E-state index contributed by atoms with van der Waals surface area (Å²) in [6, 6.07) is -0.627. The fraction of sp³-hybridized carbons (Fsp3) is 0.700. The van der Waals surface area contributed by atoms with Gasteiger partial charge in [0.25, 0.3) is 0 Å². The van der Waals surface area contributed by atoms with Crippen LogP contribution in [0.5, 0.6) is 0 Å². The lowest BCUT2D eigenvalue weighted by Crippen LogP contribution is -2.61. The van der Waals surface area contributed by atoms with Crippen molar-refractivity contribution in [1.29, 1.82) is 0 Å². The highest BCUT2D eigenvalue weighted by molar-refractivity contribution is 5.89. The van der Waals surface area contributed by atoms with Crippen LogP contribution in [0.3, 0.4) is 0 Å². The van der Waals surface area contributed by atoms with Crippen molar-refractivity contribution >= 4 is 17.9 Å². The average molecular weight is 243 g/mol. The van der Waals surface area contributed by atoms with E-state index in [1.807, 2.05) is 0 Å². The third-order valence-electron chi connectivity index (χ3n) is 2.75. The highest BCUT2D eigenvalue weighted by Gasteiger charge is 2.45. The van der Waals surface area contributed by atoms with Crippen molar-refractivity contribution in [2.24, 2.45) is 0 Å². The van der Waals surface area contributed by atoms with Crippen molar-refractivity contribution in [3.63, 3.8) is 0 Å². The van der Waals surface area contributed by atoms with Crippen molar-refractivity contribution < 1.29 is 19.5 Å². The number of hydrogen-bond donors (Lipinski definition) is 4. The molecule has 0 aromatic heterocycles. The summed E-state index contributed by atoms with van der Waals surface area (Å²) in [5, 5.41) is 16.2. The first kappa shape index (κ1) is 13.3. The monoisotopic (exact) mass is 243 g/mol. The molecule has 0 saturated heterocycles. The summed E-state index contributed by atoms with van der Waals surface area (Å²) in [5.41, 5.74) is -1.15. The Balaban J connectivity index is 2.34. The van der Waals surface area contributed by atoms with Crippen molar-refractivity contribution in [3.8, 4) is 0 Å². The quantitative estimate of drug-likeness (QED) is 0.518. The molecule has 0 aromatic carbocycles. The Morgan fingerprint density at radius 2 is 1.88 bits per heavy atom. The van der Waals surface area contributed by atoms with E-state index in [-0.39, 0.29) is 12.5 Å². The van der Waals surface area contributed by atoms with Crippen molar-refractivity contribution in [1.82, 2.24) is 16.0 Å². The normalized spacial score (nSPS) is 16.5. The van der Waals surface area contributed by atoms with Crippen LogP contribution < -0.4 is 16.0 Å². The molecule has 1 aliphatic carbocycles. The topological polar surface area (TPSA) is 108 Å². The number of hydrogen-bond acceptors (Lipinski definition) is 3. The second kappa shape index (κ2) is 5.51. The molecule has 7 nitrogen and oxygen atoms in total. The predicted octanol–water partition coefficient (Wildman–Crippen LogP) is -0.571. The Morgan fingerprint density at radius 1 is 1.24 bits per heavy atom. The molecule has 7 heteroatoms. The van der Waals surface area contributed by atoms with Crippen LogP contribution in [0, 0.1) is 0 Å². The van der Waals surface area contributed by atoms with Crippen LogP contribution in [0.4, 0.5) is 4.79 Å². The van der Waals surface area contributed by atoms with E-state index in [1.165, 1.54) is 0 Å². The number of carbonyl (C=O) groups excluding carboxylic acids is 2. The van der Waals surface area contributed by atoms with Crippen molar-refractivity contribution in [2.75, 3.05) is 13.1 Å². The maximum absolute atomic E-state index is 11.4. The summed E-state index contributed by atoms with van der Waals surface area (Å²) >= 11 is 0. The zero-order valence-corrected chi connectivity index (χ0v) is 9.71. The lowest BCUT2D eigenvalue weighted by atomic mass is 9.77. The summed E-state index contributed by atoms with van der Waals surface area (Å²) in [6.07, 6.45) is 1.64. The van der Waals surface area contributed by atoms with Crippen LogP contribution in [0.1, 0.15) is 26.2 Å². The lowest BCUT2D eigenvalue weighted by molar-refractivity contribution is -0.148. The number of carboxylic acid groups (broad SMARTS) is 1. The molecule has 3 amide bonds. The van der Waals surface area contributed by atoms with Crippen LogP contribution in [0.25, 0.3) is 0 Å². The number of aliphatic carboxylic acids is 1. The molecule has 0 unspecified atom stereocenters. The molecule has 0 aromatic rings. The van der Waals surface area contributed by atoms with Gasteiger partial charge < -0.3 is 21.1 Å². The summed E-state index contributed by atoms with van der Waals surface area (Å²) in [4.78, 5) is 33.4. The van der Waals surface area contributed by atoms with Gasteiger partial charge in [-0.1, -0.05) is 0 Å². The standard InChI is InChI=1S/C10H17N3O4/c1-2-11-7(14)6-12-9(17)13-10(8(15)16)4-3-5-10/h2-6H2,1H3,(H,11,14)(H,15,16)(H2,12,13,17). The van der Waals surface area contributed by atoms with Gasteiger partial charge in [0.15, 0.2) is 0 Å². The van der Waals surface area contributed by atoms with Gasteiger partial charge in [0, 0.05) is 6.54 Å². The first-order valence-electron chi connectivity index (χ1n) is 5.56. The molecule has 0 spiro atoms. The molecule has 0 radical (unpaired) electrons. The number of carboxylic acids is 1. The summed E-state index contributed by atoms with van der Waals surface area (Å²) < 4.78 is 0. The van der Waals surface area contributed by atoms with Gasteiger partial charge in [-0.2, -0.15) is 0 Å². The number of carbonyl (C=O) groups is 3. The third kappa shape index (κ3) is 3.33. The summed E-state index contributed by atoms with van der Waals surface area (Å²) in [7, 11) is 0. The molecule has 0 bridgehead atoms. The van der Waals surface area contributed by atoms with Crippen molar-refractivity contribution in [3.05, 3.63) is 0 Å². The zero-order valence-electron chi connectivity index (χ0n) is 9.71. The van der Waals surface area contributed by atoms with E-state index in [0.29, 0.717) is 19.4 Å². The highest BCUT2D eigenvalue weighted by Crippen LogP contribution is 2.31. The highest BCUT2D eigenvalue weighted by atomic mass is 16.4. The van der Waals surface area contributed by atoms with Gasteiger partial charge in [-0.25, -0.2) is 9.59 Å². The van der Waals surface area contributed by atoms with E-state index in [0.717, 1.165) is 6.42 Å². The van der Waals surface area contributed by atoms with Gasteiger partial charge >= 0.3 is 12.0 Å². The van der Waals surface area contributed by atoms with E-state index in [9.17, 15) is 14.4 Å². The molecule has 0 aliphatic heterocycles. The van der Waals surface area contributed by atoms with Crippen LogP contribution in [-0.4, -0.2) is 41.6 Å². The maximum atomic E-state index is 11.4. The number of amides is 3. The van der Waals surface area contributed by atoms with E-state index >= 15 is 0 Å². The molecule has 1 rings (SSSR count). The third-order valence-corrected chi connectivity index (χ3v) is 2.75. The largest absolute Gasteiger partial charge is 0.480 e. The van der Waals surface area contributed by atoms with Gasteiger partial charge in [-0.3, -0.25) is 4.79 Å². The van der Waals surface area contributed by atoms with Gasteiger partial charge in [-0.15, -0.1) is 0 Å². The predicted molar refractivity (Wildman–Crippen MR) is 59.4 cm³/mol. The van der Waals surface area contributed by atoms with E-state index < -0.39 is 17.5 Å². The molecule has 0 atom stereocenters. The SMILES string of the molecule is CCNC(=O)CNC(=O)NC1(C(=O)O)CCC1. The zero-order chi connectivity index (χ0) is 12.9. The number of nitrogens with one attached hydrogen (secondary N) is 3. The first-order valence-corrected chi connectivity index (χ1v) is 5.56. The molecular weight excluding hydrogens is 226 g/mol. The van der Waals surface area contributed by atoms with Gasteiger partial charge in [0.05, 0.1) is 6.54 Å². The molecule has 1 fully saturated rings. The lowest BCUT2D eigenvalue weighted by Gasteiger charge is -2.38. The Morgan fingerprint density at radius 3 is 2.29 bits per heavy atom. The summed E-state index contributed by atoms with van der Waals surface area (Å²) in [6.45, 7) is 2.10. The Labute approximate surface area is 98.9 Å². The van der Waals surface area contributed by atoms with Crippen LogP contribution in [0.15, 0.2) is 0 Å². The number of rotatable bonds is 5. The van der Waals surface area contributed by atoms with Crippen LogP contribution in [0.2, 0.25) is 0 Å². The fourth-order valence-electron chi connectivity index (χ4n) is 1.60. The molecule has 0 heterocycles. The Kier molecular flexibility index (Phi) is 4.30. The molecule has 1 aliphatic rings. The number of urea groups is 1. The van der Waals surface area contributed by atoms with E-state index in [4.69, 9.17) is 5.11 Å². The molecule has 96 valence electrons. The first-order chi connectivity index (χ1) is 8.00. The van der Waals surface area contributed by atoms with Gasteiger partial charge in [0.2, 0.25) is 5.91 Å². The Bertz CT molecular complexity index is 326. The molecule has 1 saturated carbocycles. The minimum Gasteiger partial charge on any atom is -0.480 e. The van der Waals surface area contributed by atoms with Gasteiger partial charge in [0.1, 0.15) is 5.54 Å². The second-order valence-corrected chi connectivity index (χ2v) is 4.00. The van der Waals surface area contributed by atoms with E-state index in [2.05, 4.69) is 16.0 Å². The molecular formula is C10H17N3O4. The maximum Gasteiger partial charge on any atom is 0.329 e. The summed E-state index contributed by atoms with van der Waals surface area (Å²) in [5.74, 6) is -1.34. The molecule has 17 heavy (non-hydrogen) atoms. The Hall–Kier alpha value is -1.79. The van der Waals surface area contributed by atoms with Crippen LogP contribution in [-0.2, 0) is 9.59 Å². The van der Waals surface area contributed by atoms with Crippen LogP contribution >= 0.6 is 0 Å². The molecule has 4 N–H and O–H groups in total. The smallest absolute Gasteiger partial charge is 0.329 e. The average Bonchev–Trinajstić information content (AvgIpc) is 2.20. The van der Waals surface area contributed by atoms with Gasteiger partial charge in [-0.05, 0) is 26.2 Å². The minimum atomic E-state index is -1.15. The second-order valence-electron chi connectivity index (χ2n) is 4.00. The minimum absolute atomic E-state index is 0.157. The van der Waals surface area contributed by atoms with Crippen molar-refractivity contribution in [2.45, 2.75) is 31.7 Å². The fourth-order valence-corrected chi connectivity index (χ4v) is 1.60.